The Kier molecular flexibility index (Phi) is 9.06. The number of carbonyl (C=O) groups is 2. The SMILES string of the molecule is Cc1cnc(C(=O)N(CCCN2CCOCC2)CCC(=O)NCc2ccc(F)cc2)cn1. The van der Waals surface area contributed by atoms with E-state index in [1.54, 1.807) is 23.2 Å². The van der Waals surface area contributed by atoms with Gasteiger partial charge in [0.25, 0.3) is 5.91 Å². The van der Waals surface area contributed by atoms with Crippen LogP contribution in [-0.4, -0.2) is 77.5 Å². The Morgan fingerprint density at radius 1 is 1.12 bits per heavy atom. The molecule has 1 fully saturated rings. The first-order valence-corrected chi connectivity index (χ1v) is 10.9. The number of halogens is 1. The third-order valence-electron chi connectivity index (χ3n) is 5.31. The second-order valence-corrected chi connectivity index (χ2v) is 7.80. The summed E-state index contributed by atoms with van der Waals surface area (Å²) in [5, 5.41) is 2.82. The van der Waals surface area contributed by atoms with Crippen molar-refractivity contribution >= 4 is 11.8 Å². The summed E-state index contributed by atoms with van der Waals surface area (Å²) in [7, 11) is 0. The Labute approximate surface area is 187 Å². The highest BCUT2D eigenvalue weighted by Crippen LogP contribution is 2.07. The van der Waals surface area contributed by atoms with Crippen LogP contribution >= 0.6 is 0 Å². The summed E-state index contributed by atoms with van der Waals surface area (Å²) in [6.07, 6.45) is 4.00. The van der Waals surface area contributed by atoms with Gasteiger partial charge in [-0.05, 0) is 31.0 Å². The maximum atomic E-state index is 13.0. The molecule has 0 bridgehead atoms. The lowest BCUT2D eigenvalue weighted by atomic mass is 10.2. The number of hydrogen-bond acceptors (Lipinski definition) is 6. The molecule has 0 radical (unpaired) electrons. The highest BCUT2D eigenvalue weighted by molar-refractivity contribution is 5.92. The zero-order valence-electron chi connectivity index (χ0n) is 18.4. The van der Waals surface area contributed by atoms with Crippen molar-refractivity contribution < 1.29 is 18.7 Å². The Morgan fingerprint density at radius 2 is 1.88 bits per heavy atom. The van der Waals surface area contributed by atoms with Crippen LogP contribution < -0.4 is 5.32 Å². The van der Waals surface area contributed by atoms with Gasteiger partial charge in [-0.2, -0.15) is 0 Å². The number of carbonyl (C=O) groups excluding carboxylic acids is 2. The van der Waals surface area contributed by atoms with Crippen molar-refractivity contribution in [3.05, 3.63) is 59.4 Å². The number of aromatic nitrogens is 2. The number of hydrogen-bond donors (Lipinski definition) is 1. The molecule has 2 amide bonds. The second kappa shape index (κ2) is 12.2. The highest BCUT2D eigenvalue weighted by atomic mass is 19.1. The molecule has 0 spiro atoms. The number of morpholine rings is 1. The van der Waals surface area contributed by atoms with Gasteiger partial charge in [0.1, 0.15) is 11.5 Å². The van der Waals surface area contributed by atoms with Gasteiger partial charge in [0.15, 0.2) is 0 Å². The molecule has 2 aromatic rings. The van der Waals surface area contributed by atoms with Gasteiger partial charge in [0, 0.05) is 51.9 Å². The van der Waals surface area contributed by atoms with Crippen LogP contribution in [0.15, 0.2) is 36.7 Å². The summed E-state index contributed by atoms with van der Waals surface area (Å²) >= 11 is 0. The fraction of sp³-hybridized carbons (Fsp3) is 0.478. The van der Waals surface area contributed by atoms with E-state index in [-0.39, 0.29) is 36.3 Å². The molecular formula is C23H30FN5O3. The van der Waals surface area contributed by atoms with E-state index in [9.17, 15) is 14.0 Å². The standard InChI is InChI=1S/C23H30FN5O3/c1-18-15-26-21(17-25-18)23(31)29(9-2-8-28-11-13-32-14-12-28)10-7-22(30)27-16-19-3-5-20(24)6-4-19/h3-6,15,17H,2,7-14,16H2,1H3,(H,27,30). The Balaban J connectivity index is 1.52. The Hall–Kier alpha value is -2.91. The monoisotopic (exact) mass is 443 g/mol. The van der Waals surface area contributed by atoms with E-state index in [1.165, 1.54) is 18.3 Å². The van der Waals surface area contributed by atoms with Crippen LogP contribution in [-0.2, 0) is 16.1 Å². The summed E-state index contributed by atoms with van der Waals surface area (Å²) in [6, 6.07) is 5.98. The summed E-state index contributed by atoms with van der Waals surface area (Å²) in [6.45, 7) is 7.05. The number of rotatable bonds is 10. The van der Waals surface area contributed by atoms with E-state index in [0.29, 0.717) is 13.1 Å². The molecule has 1 saturated heterocycles. The first-order chi connectivity index (χ1) is 15.5. The Bertz CT molecular complexity index is 870. The minimum absolute atomic E-state index is 0.170. The molecule has 1 aromatic heterocycles. The predicted octanol–water partition coefficient (Wildman–Crippen LogP) is 1.80. The summed E-state index contributed by atoms with van der Waals surface area (Å²) in [5.41, 5.74) is 1.82. The number of ether oxygens (including phenoxy) is 1. The molecule has 3 rings (SSSR count). The van der Waals surface area contributed by atoms with Gasteiger partial charge >= 0.3 is 0 Å². The van der Waals surface area contributed by atoms with Gasteiger partial charge in [0.2, 0.25) is 5.91 Å². The molecule has 1 aliphatic heterocycles. The van der Waals surface area contributed by atoms with E-state index in [2.05, 4.69) is 20.2 Å². The minimum Gasteiger partial charge on any atom is -0.379 e. The fourth-order valence-electron chi connectivity index (χ4n) is 3.42. The number of nitrogens with zero attached hydrogens (tertiary/aromatic N) is 4. The zero-order chi connectivity index (χ0) is 22.8. The molecule has 172 valence electrons. The van der Waals surface area contributed by atoms with E-state index in [0.717, 1.165) is 50.5 Å². The smallest absolute Gasteiger partial charge is 0.274 e. The largest absolute Gasteiger partial charge is 0.379 e. The van der Waals surface area contributed by atoms with Crippen LogP contribution in [0.1, 0.15) is 34.6 Å². The quantitative estimate of drug-likeness (QED) is 0.603. The highest BCUT2D eigenvalue weighted by Gasteiger charge is 2.19. The van der Waals surface area contributed by atoms with Crippen LogP contribution in [0.4, 0.5) is 4.39 Å². The van der Waals surface area contributed by atoms with E-state index in [4.69, 9.17) is 4.74 Å². The topological polar surface area (TPSA) is 87.7 Å². The van der Waals surface area contributed by atoms with Gasteiger partial charge in [-0.3, -0.25) is 19.5 Å². The van der Waals surface area contributed by atoms with Gasteiger partial charge in [-0.15, -0.1) is 0 Å². The van der Waals surface area contributed by atoms with Crippen LogP contribution in [0.3, 0.4) is 0 Å². The summed E-state index contributed by atoms with van der Waals surface area (Å²) in [5.74, 6) is -0.716. The van der Waals surface area contributed by atoms with Crippen molar-refractivity contribution in [2.24, 2.45) is 0 Å². The van der Waals surface area contributed by atoms with Crippen LogP contribution in [0.2, 0.25) is 0 Å². The lowest BCUT2D eigenvalue weighted by Gasteiger charge is -2.28. The van der Waals surface area contributed by atoms with Crippen LogP contribution in [0.25, 0.3) is 0 Å². The Morgan fingerprint density at radius 3 is 2.56 bits per heavy atom. The van der Waals surface area contributed by atoms with E-state index < -0.39 is 0 Å². The van der Waals surface area contributed by atoms with Crippen molar-refractivity contribution in [3.63, 3.8) is 0 Å². The third kappa shape index (κ3) is 7.65. The molecule has 8 nitrogen and oxygen atoms in total. The third-order valence-corrected chi connectivity index (χ3v) is 5.31. The van der Waals surface area contributed by atoms with Gasteiger partial charge < -0.3 is 15.0 Å². The van der Waals surface area contributed by atoms with Gasteiger partial charge in [-0.25, -0.2) is 9.37 Å². The normalized spacial score (nSPS) is 14.2. The molecule has 1 aliphatic rings. The molecule has 32 heavy (non-hydrogen) atoms. The number of aryl methyl sites for hydroxylation is 1. The molecule has 0 aliphatic carbocycles. The van der Waals surface area contributed by atoms with Crippen molar-refractivity contribution in [2.75, 3.05) is 45.9 Å². The lowest BCUT2D eigenvalue weighted by Crippen LogP contribution is -2.40. The van der Waals surface area contributed by atoms with Crippen molar-refractivity contribution in [3.8, 4) is 0 Å². The summed E-state index contributed by atoms with van der Waals surface area (Å²) in [4.78, 5) is 37.7. The predicted molar refractivity (Wildman–Crippen MR) is 117 cm³/mol. The van der Waals surface area contributed by atoms with E-state index >= 15 is 0 Å². The average Bonchev–Trinajstić information content (AvgIpc) is 2.81. The number of benzene rings is 1. The van der Waals surface area contributed by atoms with E-state index in [1.807, 2.05) is 6.92 Å². The van der Waals surface area contributed by atoms with Crippen molar-refractivity contribution in [1.29, 1.82) is 0 Å². The number of amides is 2. The average molecular weight is 444 g/mol. The first kappa shape index (κ1) is 23.7. The molecule has 1 aromatic carbocycles. The molecule has 9 heteroatoms. The van der Waals surface area contributed by atoms with Crippen molar-refractivity contribution in [2.45, 2.75) is 26.3 Å². The second-order valence-electron chi connectivity index (χ2n) is 7.80. The molecule has 0 unspecified atom stereocenters. The molecule has 1 N–H and O–H groups in total. The van der Waals surface area contributed by atoms with Crippen LogP contribution in [0.5, 0.6) is 0 Å². The van der Waals surface area contributed by atoms with Gasteiger partial charge in [0.05, 0.1) is 25.1 Å². The number of nitrogens with one attached hydrogen (secondary N) is 1. The molecule has 2 heterocycles. The molecule has 0 atom stereocenters. The van der Waals surface area contributed by atoms with Crippen LogP contribution in [0, 0.1) is 12.7 Å². The maximum Gasteiger partial charge on any atom is 0.274 e. The van der Waals surface area contributed by atoms with Gasteiger partial charge in [-0.1, -0.05) is 12.1 Å². The first-order valence-electron chi connectivity index (χ1n) is 10.9. The summed E-state index contributed by atoms with van der Waals surface area (Å²) < 4.78 is 18.4. The minimum atomic E-state index is -0.314. The zero-order valence-corrected chi connectivity index (χ0v) is 18.4. The molecule has 0 saturated carbocycles. The van der Waals surface area contributed by atoms with Crippen molar-refractivity contribution in [1.82, 2.24) is 25.1 Å². The fourth-order valence-corrected chi connectivity index (χ4v) is 3.42. The maximum absolute atomic E-state index is 13.0. The molecular weight excluding hydrogens is 413 g/mol. The lowest BCUT2D eigenvalue weighted by molar-refractivity contribution is -0.121.